The molecule has 2 N–H and O–H groups in total. The molecular weight excluding hydrogens is 344 g/mol. The Kier molecular flexibility index (Phi) is 5.20. The maximum Gasteiger partial charge on any atom is 0.229 e. The van der Waals surface area contributed by atoms with E-state index in [0.717, 1.165) is 28.8 Å². The van der Waals surface area contributed by atoms with Crippen molar-refractivity contribution in [1.29, 1.82) is 0 Å². The molecule has 0 bridgehead atoms. The van der Waals surface area contributed by atoms with E-state index < -0.39 is 0 Å². The normalized spacial score (nSPS) is 10.8. The van der Waals surface area contributed by atoms with E-state index in [4.69, 9.17) is 4.98 Å². The summed E-state index contributed by atoms with van der Waals surface area (Å²) in [6, 6.07) is 25.0. The first kappa shape index (κ1) is 18.0. The summed E-state index contributed by atoms with van der Waals surface area (Å²) in [6.07, 6.45) is 1.03. The van der Waals surface area contributed by atoms with E-state index in [1.54, 1.807) is 0 Å². The first-order valence-corrected chi connectivity index (χ1v) is 9.63. The van der Waals surface area contributed by atoms with Crippen molar-refractivity contribution >= 4 is 28.4 Å². The van der Waals surface area contributed by atoms with Crippen molar-refractivity contribution in [3.8, 4) is 0 Å². The number of hydrogen-bond donors (Lipinski definition) is 2. The summed E-state index contributed by atoms with van der Waals surface area (Å²) < 4.78 is 0. The number of aryl methyl sites for hydroxylation is 2. The number of benzene rings is 3. The molecule has 1 heterocycles. The standard InChI is InChI=1S/C24H24N4/c1-3-18-12-14-20(15-13-18)26-24-27-22-7-5-4-6-21(22)23(28-24)25-16-19-10-8-17(2)9-11-19/h4-15H,3,16H2,1-2H3,(H2,25,26,27,28). The Hall–Kier alpha value is -3.40. The number of nitrogens with zero attached hydrogens (tertiary/aromatic N) is 2. The molecule has 0 amide bonds. The molecule has 140 valence electrons. The second kappa shape index (κ2) is 8.09. The molecule has 4 rings (SSSR count). The Balaban J connectivity index is 1.61. The average molecular weight is 368 g/mol. The number of anilines is 3. The highest BCUT2D eigenvalue weighted by atomic mass is 15.1. The van der Waals surface area contributed by atoms with Crippen LogP contribution in [0.1, 0.15) is 23.6 Å². The van der Waals surface area contributed by atoms with Crippen LogP contribution in [0.5, 0.6) is 0 Å². The molecule has 4 aromatic rings. The van der Waals surface area contributed by atoms with E-state index >= 15 is 0 Å². The Morgan fingerprint density at radius 1 is 0.786 bits per heavy atom. The van der Waals surface area contributed by atoms with Gasteiger partial charge in [-0.3, -0.25) is 0 Å². The van der Waals surface area contributed by atoms with Crippen LogP contribution in [0.25, 0.3) is 10.9 Å². The van der Waals surface area contributed by atoms with Crippen LogP contribution in [-0.2, 0) is 13.0 Å². The molecule has 0 aliphatic carbocycles. The number of para-hydroxylation sites is 1. The molecule has 0 aliphatic rings. The van der Waals surface area contributed by atoms with Gasteiger partial charge in [-0.25, -0.2) is 4.98 Å². The molecule has 1 aromatic heterocycles. The highest BCUT2D eigenvalue weighted by molar-refractivity contribution is 5.90. The molecule has 0 aliphatic heterocycles. The van der Waals surface area contributed by atoms with Crippen molar-refractivity contribution in [2.75, 3.05) is 10.6 Å². The monoisotopic (exact) mass is 368 g/mol. The number of aromatic nitrogens is 2. The van der Waals surface area contributed by atoms with Gasteiger partial charge in [-0.1, -0.05) is 61.0 Å². The number of fused-ring (bicyclic) bond motifs is 1. The van der Waals surface area contributed by atoms with Gasteiger partial charge in [0, 0.05) is 17.6 Å². The SMILES string of the molecule is CCc1ccc(Nc2nc(NCc3ccc(C)cc3)c3ccccc3n2)cc1. The lowest BCUT2D eigenvalue weighted by atomic mass is 10.1. The van der Waals surface area contributed by atoms with Gasteiger partial charge in [0.15, 0.2) is 0 Å². The zero-order chi connectivity index (χ0) is 19.3. The lowest BCUT2D eigenvalue weighted by Crippen LogP contribution is -2.05. The van der Waals surface area contributed by atoms with E-state index in [1.807, 2.05) is 24.3 Å². The van der Waals surface area contributed by atoms with E-state index in [-0.39, 0.29) is 0 Å². The van der Waals surface area contributed by atoms with Crippen molar-refractivity contribution in [3.63, 3.8) is 0 Å². The Morgan fingerprint density at radius 2 is 1.50 bits per heavy atom. The molecule has 3 aromatic carbocycles. The molecule has 0 saturated carbocycles. The van der Waals surface area contributed by atoms with E-state index in [0.29, 0.717) is 12.5 Å². The topological polar surface area (TPSA) is 49.8 Å². The molecule has 0 saturated heterocycles. The molecule has 28 heavy (non-hydrogen) atoms. The van der Waals surface area contributed by atoms with Crippen LogP contribution < -0.4 is 10.6 Å². The van der Waals surface area contributed by atoms with Gasteiger partial charge in [-0.2, -0.15) is 4.98 Å². The van der Waals surface area contributed by atoms with Crippen LogP contribution in [-0.4, -0.2) is 9.97 Å². The molecule has 4 nitrogen and oxygen atoms in total. The molecule has 0 unspecified atom stereocenters. The fourth-order valence-electron chi connectivity index (χ4n) is 3.11. The predicted octanol–water partition coefficient (Wildman–Crippen LogP) is 5.86. The second-order valence-electron chi connectivity index (χ2n) is 6.93. The minimum atomic E-state index is 0.592. The highest BCUT2D eigenvalue weighted by Gasteiger charge is 2.08. The minimum Gasteiger partial charge on any atom is -0.365 e. The summed E-state index contributed by atoms with van der Waals surface area (Å²) in [5.74, 6) is 1.42. The Morgan fingerprint density at radius 3 is 2.25 bits per heavy atom. The fourth-order valence-corrected chi connectivity index (χ4v) is 3.11. The lowest BCUT2D eigenvalue weighted by molar-refractivity contribution is 1.10. The first-order valence-electron chi connectivity index (χ1n) is 9.63. The van der Waals surface area contributed by atoms with E-state index in [1.165, 1.54) is 16.7 Å². The largest absolute Gasteiger partial charge is 0.365 e. The molecular formula is C24H24N4. The van der Waals surface area contributed by atoms with Crippen LogP contribution in [0.15, 0.2) is 72.8 Å². The Bertz CT molecular complexity index is 1070. The van der Waals surface area contributed by atoms with Crippen LogP contribution in [0.4, 0.5) is 17.5 Å². The molecule has 0 atom stereocenters. The maximum atomic E-state index is 4.74. The van der Waals surface area contributed by atoms with Gasteiger partial charge in [-0.05, 0) is 48.7 Å². The summed E-state index contributed by atoms with van der Waals surface area (Å²) in [7, 11) is 0. The molecule has 4 heteroatoms. The smallest absolute Gasteiger partial charge is 0.229 e. The predicted molar refractivity (Wildman–Crippen MR) is 117 cm³/mol. The van der Waals surface area contributed by atoms with E-state index in [2.05, 4.69) is 78.0 Å². The van der Waals surface area contributed by atoms with Crippen molar-refractivity contribution in [3.05, 3.63) is 89.5 Å². The van der Waals surface area contributed by atoms with Gasteiger partial charge in [0.05, 0.1) is 5.52 Å². The first-order chi connectivity index (χ1) is 13.7. The summed E-state index contributed by atoms with van der Waals surface area (Å²) in [5.41, 5.74) is 5.69. The third kappa shape index (κ3) is 4.12. The van der Waals surface area contributed by atoms with Gasteiger partial charge in [-0.15, -0.1) is 0 Å². The minimum absolute atomic E-state index is 0.592. The summed E-state index contributed by atoms with van der Waals surface area (Å²) in [4.78, 5) is 9.42. The zero-order valence-corrected chi connectivity index (χ0v) is 16.2. The third-order valence-electron chi connectivity index (χ3n) is 4.80. The van der Waals surface area contributed by atoms with Crippen molar-refractivity contribution in [2.45, 2.75) is 26.8 Å². The Labute approximate surface area is 165 Å². The number of nitrogens with one attached hydrogen (secondary N) is 2. The maximum absolute atomic E-state index is 4.74. The summed E-state index contributed by atoms with van der Waals surface area (Å²) in [6.45, 7) is 4.97. The van der Waals surface area contributed by atoms with Crippen LogP contribution in [0.2, 0.25) is 0 Å². The van der Waals surface area contributed by atoms with Crippen LogP contribution in [0, 0.1) is 6.92 Å². The number of hydrogen-bond acceptors (Lipinski definition) is 4. The van der Waals surface area contributed by atoms with Gasteiger partial charge in [0.1, 0.15) is 5.82 Å². The van der Waals surface area contributed by atoms with Gasteiger partial charge >= 0.3 is 0 Å². The van der Waals surface area contributed by atoms with Crippen molar-refractivity contribution in [2.24, 2.45) is 0 Å². The zero-order valence-electron chi connectivity index (χ0n) is 16.2. The van der Waals surface area contributed by atoms with Gasteiger partial charge in [0.2, 0.25) is 5.95 Å². The van der Waals surface area contributed by atoms with Crippen molar-refractivity contribution < 1.29 is 0 Å². The lowest BCUT2D eigenvalue weighted by Gasteiger charge is -2.12. The average Bonchev–Trinajstić information content (AvgIpc) is 2.74. The fraction of sp³-hybridized carbons (Fsp3) is 0.167. The van der Waals surface area contributed by atoms with Crippen LogP contribution >= 0.6 is 0 Å². The van der Waals surface area contributed by atoms with Crippen LogP contribution in [0.3, 0.4) is 0 Å². The highest BCUT2D eigenvalue weighted by Crippen LogP contribution is 2.24. The van der Waals surface area contributed by atoms with Gasteiger partial charge < -0.3 is 10.6 Å². The van der Waals surface area contributed by atoms with E-state index in [9.17, 15) is 0 Å². The number of rotatable bonds is 6. The van der Waals surface area contributed by atoms with Crippen molar-refractivity contribution in [1.82, 2.24) is 9.97 Å². The second-order valence-corrected chi connectivity index (χ2v) is 6.93. The molecule has 0 radical (unpaired) electrons. The molecule has 0 fully saturated rings. The third-order valence-corrected chi connectivity index (χ3v) is 4.80. The quantitative estimate of drug-likeness (QED) is 0.448. The summed E-state index contributed by atoms with van der Waals surface area (Å²) >= 11 is 0. The van der Waals surface area contributed by atoms with Gasteiger partial charge in [0.25, 0.3) is 0 Å². The molecule has 0 spiro atoms. The summed E-state index contributed by atoms with van der Waals surface area (Å²) in [5, 5.41) is 7.82.